The molecule has 8 heteroatoms. The smallest absolute Gasteiger partial charge is 0.263 e. The summed E-state index contributed by atoms with van der Waals surface area (Å²) in [6, 6.07) is 16.4. The first-order valence-corrected chi connectivity index (χ1v) is 11.9. The number of piperazine rings is 1. The molecule has 2 aromatic carbocycles. The molecule has 2 saturated heterocycles. The minimum absolute atomic E-state index is 0.211. The van der Waals surface area contributed by atoms with E-state index in [2.05, 4.69) is 19.5 Å². The third-order valence-corrected chi connectivity index (χ3v) is 7.33. The highest BCUT2D eigenvalue weighted by Gasteiger charge is 2.31. The van der Waals surface area contributed by atoms with Crippen molar-refractivity contribution < 1.29 is 8.42 Å². The van der Waals surface area contributed by atoms with Gasteiger partial charge in [0.15, 0.2) is 11.6 Å². The summed E-state index contributed by atoms with van der Waals surface area (Å²) in [5, 5.41) is 0. The Labute approximate surface area is 176 Å². The van der Waals surface area contributed by atoms with Gasteiger partial charge in [-0.3, -0.25) is 9.62 Å². The van der Waals surface area contributed by atoms with Crippen LogP contribution in [0.3, 0.4) is 0 Å². The quantitative estimate of drug-likeness (QED) is 0.695. The van der Waals surface area contributed by atoms with E-state index in [9.17, 15) is 8.42 Å². The van der Waals surface area contributed by atoms with Crippen molar-refractivity contribution in [1.82, 2.24) is 14.9 Å². The molecule has 3 heterocycles. The predicted molar refractivity (Wildman–Crippen MR) is 118 cm³/mol. The summed E-state index contributed by atoms with van der Waals surface area (Å²) in [5.41, 5.74) is 1.43. The number of rotatable bonds is 4. The van der Waals surface area contributed by atoms with Crippen molar-refractivity contribution in [3.63, 3.8) is 0 Å². The van der Waals surface area contributed by atoms with E-state index in [-0.39, 0.29) is 4.90 Å². The van der Waals surface area contributed by atoms with Gasteiger partial charge in [0, 0.05) is 25.7 Å². The fourth-order valence-electron chi connectivity index (χ4n) is 4.41. The molecule has 0 radical (unpaired) electrons. The Morgan fingerprint density at radius 3 is 2.40 bits per heavy atom. The zero-order valence-electron chi connectivity index (χ0n) is 16.7. The van der Waals surface area contributed by atoms with E-state index < -0.39 is 10.0 Å². The SMILES string of the molecule is O=S(=O)(Nc1nc2ccccc2nc1N1CCN2CCCCC2C1)c1ccccc1. The molecule has 0 spiro atoms. The summed E-state index contributed by atoms with van der Waals surface area (Å²) < 4.78 is 28.7. The number of fused-ring (bicyclic) bond motifs is 2. The van der Waals surface area contributed by atoms with Gasteiger partial charge in [-0.15, -0.1) is 0 Å². The van der Waals surface area contributed by atoms with Crippen molar-refractivity contribution in [2.24, 2.45) is 0 Å². The summed E-state index contributed by atoms with van der Waals surface area (Å²) in [7, 11) is -3.76. The van der Waals surface area contributed by atoms with Gasteiger partial charge in [0.05, 0.1) is 15.9 Å². The summed E-state index contributed by atoms with van der Waals surface area (Å²) in [4.78, 5) is 14.4. The molecule has 2 aliphatic heterocycles. The minimum Gasteiger partial charge on any atom is -0.351 e. The Bertz CT molecular complexity index is 1150. The van der Waals surface area contributed by atoms with Gasteiger partial charge in [0.2, 0.25) is 0 Å². The van der Waals surface area contributed by atoms with Crippen LogP contribution in [0.25, 0.3) is 11.0 Å². The van der Waals surface area contributed by atoms with E-state index in [4.69, 9.17) is 4.98 Å². The lowest BCUT2D eigenvalue weighted by atomic mass is 9.99. The van der Waals surface area contributed by atoms with Crippen LogP contribution in [0, 0.1) is 0 Å². The number of nitrogens with zero attached hydrogens (tertiary/aromatic N) is 4. The van der Waals surface area contributed by atoms with Crippen LogP contribution < -0.4 is 9.62 Å². The number of benzene rings is 2. The molecule has 1 atom stereocenters. The minimum atomic E-state index is -3.76. The van der Waals surface area contributed by atoms with Gasteiger partial charge in [-0.25, -0.2) is 18.4 Å². The Hall–Kier alpha value is -2.71. The first-order valence-electron chi connectivity index (χ1n) is 10.4. The largest absolute Gasteiger partial charge is 0.351 e. The number of para-hydroxylation sites is 2. The molecule has 0 amide bonds. The lowest BCUT2D eigenvalue weighted by Crippen LogP contribution is -2.55. The molecular formula is C22H25N5O2S. The lowest BCUT2D eigenvalue weighted by molar-refractivity contribution is 0.133. The van der Waals surface area contributed by atoms with Crippen LogP contribution in [0.2, 0.25) is 0 Å². The highest BCUT2D eigenvalue weighted by molar-refractivity contribution is 7.92. The monoisotopic (exact) mass is 423 g/mol. The number of piperidine rings is 1. The number of aromatic nitrogens is 2. The number of sulfonamides is 1. The highest BCUT2D eigenvalue weighted by atomic mass is 32.2. The number of nitrogens with one attached hydrogen (secondary N) is 1. The summed E-state index contributed by atoms with van der Waals surface area (Å²) in [6.45, 7) is 3.76. The topological polar surface area (TPSA) is 78.4 Å². The molecule has 1 unspecified atom stereocenters. The van der Waals surface area contributed by atoms with Crippen molar-refractivity contribution in [3.05, 3.63) is 54.6 Å². The zero-order chi connectivity index (χ0) is 20.6. The second-order valence-electron chi connectivity index (χ2n) is 7.93. The van der Waals surface area contributed by atoms with Crippen molar-refractivity contribution >= 4 is 32.7 Å². The van der Waals surface area contributed by atoms with Gasteiger partial charge in [-0.05, 0) is 43.7 Å². The van der Waals surface area contributed by atoms with Crippen LogP contribution in [0.1, 0.15) is 19.3 Å². The number of hydrogen-bond donors (Lipinski definition) is 1. The van der Waals surface area contributed by atoms with Gasteiger partial charge < -0.3 is 4.90 Å². The molecule has 2 fully saturated rings. The predicted octanol–water partition coefficient (Wildman–Crippen LogP) is 3.11. The summed E-state index contributed by atoms with van der Waals surface area (Å²) in [5.74, 6) is 0.903. The molecule has 7 nitrogen and oxygen atoms in total. The molecule has 0 saturated carbocycles. The van der Waals surface area contributed by atoms with Crippen LogP contribution in [0.15, 0.2) is 59.5 Å². The highest BCUT2D eigenvalue weighted by Crippen LogP contribution is 2.30. The van der Waals surface area contributed by atoms with Crippen molar-refractivity contribution in [2.75, 3.05) is 35.8 Å². The molecule has 2 aliphatic rings. The second-order valence-corrected chi connectivity index (χ2v) is 9.62. The summed E-state index contributed by atoms with van der Waals surface area (Å²) in [6.07, 6.45) is 3.67. The molecule has 0 bridgehead atoms. The van der Waals surface area contributed by atoms with Crippen molar-refractivity contribution in [2.45, 2.75) is 30.2 Å². The molecule has 1 aromatic heterocycles. The number of anilines is 2. The maximum atomic E-state index is 13.0. The van der Waals surface area contributed by atoms with E-state index in [0.717, 1.165) is 31.7 Å². The van der Waals surface area contributed by atoms with E-state index in [1.165, 1.54) is 19.3 Å². The average molecular weight is 424 g/mol. The van der Waals surface area contributed by atoms with Gasteiger partial charge in [-0.2, -0.15) is 0 Å². The standard InChI is InChI=1S/C22H25N5O2S/c28-30(29,18-9-2-1-3-10-18)25-21-22(24-20-12-5-4-11-19(20)23-21)27-15-14-26-13-7-6-8-17(26)16-27/h1-5,9-12,17H,6-8,13-16H2,(H,23,25). The maximum absolute atomic E-state index is 13.0. The molecule has 5 rings (SSSR count). The van der Waals surface area contributed by atoms with E-state index in [1.54, 1.807) is 30.3 Å². The van der Waals surface area contributed by atoms with Crippen LogP contribution in [-0.4, -0.2) is 55.5 Å². The molecule has 0 aliphatic carbocycles. The van der Waals surface area contributed by atoms with Crippen molar-refractivity contribution in [1.29, 1.82) is 0 Å². The lowest BCUT2D eigenvalue weighted by Gasteiger charge is -2.44. The fraction of sp³-hybridized carbons (Fsp3) is 0.364. The Balaban J connectivity index is 1.53. The third-order valence-electron chi connectivity index (χ3n) is 5.97. The van der Waals surface area contributed by atoms with Gasteiger partial charge >= 0.3 is 0 Å². The first kappa shape index (κ1) is 19.3. The molecule has 1 N–H and O–H groups in total. The maximum Gasteiger partial charge on any atom is 0.263 e. The van der Waals surface area contributed by atoms with Gasteiger partial charge in [0.1, 0.15) is 0 Å². The first-order chi connectivity index (χ1) is 14.6. The Morgan fingerprint density at radius 2 is 1.60 bits per heavy atom. The van der Waals surface area contributed by atoms with Crippen LogP contribution in [0.4, 0.5) is 11.6 Å². The van der Waals surface area contributed by atoms with Gasteiger partial charge in [0.25, 0.3) is 10.0 Å². The third kappa shape index (κ3) is 3.73. The van der Waals surface area contributed by atoms with E-state index in [1.807, 2.05) is 24.3 Å². The van der Waals surface area contributed by atoms with Crippen LogP contribution in [0.5, 0.6) is 0 Å². The van der Waals surface area contributed by atoms with Crippen molar-refractivity contribution in [3.8, 4) is 0 Å². The average Bonchev–Trinajstić information content (AvgIpc) is 2.78. The molecular weight excluding hydrogens is 398 g/mol. The fourth-order valence-corrected chi connectivity index (χ4v) is 5.44. The Kier molecular flexibility index (Phi) is 5.04. The Morgan fingerprint density at radius 1 is 0.867 bits per heavy atom. The van der Waals surface area contributed by atoms with Crippen LogP contribution >= 0.6 is 0 Å². The van der Waals surface area contributed by atoms with E-state index >= 15 is 0 Å². The van der Waals surface area contributed by atoms with E-state index in [0.29, 0.717) is 23.2 Å². The summed E-state index contributed by atoms with van der Waals surface area (Å²) >= 11 is 0. The molecule has 156 valence electrons. The van der Waals surface area contributed by atoms with Crippen LogP contribution in [-0.2, 0) is 10.0 Å². The number of hydrogen-bond acceptors (Lipinski definition) is 6. The van der Waals surface area contributed by atoms with Gasteiger partial charge in [-0.1, -0.05) is 36.8 Å². The normalized spacial score (nSPS) is 20.1. The zero-order valence-corrected chi connectivity index (χ0v) is 17.6. The second kappa shape index (κ2) is 7.85. The molecule has 30 heavy (non-hydrogen) atoms. The molecule has 3 aromatic rings.